The quantitative estimate of drug-likeness (QED) is 0.615. The minimum atomic E-state index is -3.83. The molecule has 3 aromatic rings. The van der Waals surface area contributed by atoms with Gasteiger partial charge in [0, 0.05) is 35.7 Å². The van der Waals surface area contributed by atoms with Crippen LogP contribution >= 0.6 is 11.6 Å². The highest BCUT2D eigenvalue weighted by molar-refractivity contribution is 7.89. The van der Waals surface area contributed by atoms with Gasteiger partial charge >= 0.3 is 0 Å². The highest BCUT2D eigenvalue weighted by atomic mass is 35.5. The van der Waals surface area contributed by atoms with Crippen LogP contribution in [0.15, 0.2) is 72.0 Å². The fourth-order valence-electron chi connectivity index (χ4n) is 2.49. The van der Waals surface area contributed by atoms with Crippen LogP contribution in [-0.2, 0) is 21.4 Å². The molecule has 0 aliphatic heterocycles. The number of sulfonamides is 1. The van der Waals surface area contributed by atoms with Gasteiger partial charge < -0.3 is 5.32 Å². The molecule has 2 aromatic heterocycles. The van der Waals surface area contributed by atoms with Crippen LogP contribution in [0.4, 0.5) is 0 Å². The third-order valence-corrected chi connectivity index (χ3v) is 5.48. The van der Waals surface area contributed by atoms with Gasteiger partial charge in [0.25, 0.3) is 0 Å². The van der Waals surface area contributed by atoms with Crippen molar-refractivity contribution in [3.63, 3.8) is 0 Å². The zero-order chi connectivity index (χ0) is 20.0. The molecule has 9 heteroatoms. The first-order valence-corrected chi connectivity index (χ1v) is 10.2. The average molecular weight is 417 g/mol. The Bertz CT molecular complexity index is 1080. The van der Waals surface area contributed by atoms with Crippen LogP contribution in [0.25, 0.3) is 11.3 Å². The fourth-order valence-corrected chi connectivity index (χ4v) is 3.77. The fraction of sp³-hybridized carbons (Fsp3) is 0.105. The maximum absolute atomic E-state index is 12.2. The number of rotatable bonds is 7. The van der Waals surface area contributed by atoms with Crippen molar-refractivity contribution in [3.05, 3.63) is 77.7 Å². The second kappa shape index (κ2) is 8.92. The molecule has 0 bridgehead atoms. The summed E-state index contributed by atoms with van der Waals surface area (Å²) >= 11 is 5.82. The van der Waals surface area contributed by atoms with E-state index in [-0.39, 0.29) is 18.0 Å². The number of carbonyl (C=O) groups excluding carboxylic acids is 1. The van der Waals surface area contributed by atoms with E-state index in [1.165, 1.54) is 18.2 Å². The first kappa shape index (κ1) is 19.9. The maximum Gasteiger partial charge on any atom is 0.241 e. The van der Waals surface area contributed by atoms with E-state index in [1.807, 2.05) is 18.2 Å². The van der Waals surface area contributed by atoms with Gasteiger partial charge in [-0.05, 0) is 42.0 Å². The molecule has 2 heterocycles. The van der Waals surface area contributed by atoms with Crippen molar-refractivity contribution in [1.82, 2.24) is 20.0 Å². The van der Waals surface area contributed by atoms with Crippen molar-refractivity contribution in [2.45, 2.75) is 11.4 Å². The summed E-state index contributed by atoms with van der Waals surface area (Å²) in [6.07, 6.45) is 4.99. The number of amides is 1. The van der Waals surface area contributed by atoms with Gasteiger partial charge in [-0.25, -0.2) is 13.1 Å². The van der Waals surface area contributed by atoms with Gasteiger partial charge in [-0.3, -0.25) is 14.8 Å². The molecule has 144 valence electrons. The molecule has 2 N–H and O–H groups in total. The van der Waals surface area contributed by atoms with Crippen molar-refractivity contribution < 1.29 is 13.2 Å². The molecular formula is C19H17ClN4O3S. The Hall–Kier alpha value is -2.81. The largest absolute Gasteiger partial charge is 0.351 e. The van der Waals surface area contributed by atoms with Crippen molar-refractivity contribution in [3.8, 4) is 11.3 Å². The van der Waals surface area contributed by atoms with Crippen molar-refractivity contribution in [2.24, 2.45) is 0 Å². The molecule has 0 atom stereocenters. The highest BCUT2D eigenvalue weighted by Crippen LogP contribution is 2.20. The molecule has 28 heavy (non-hydrogen) atoms. The van der Waals surface area contributed by atoms with Gasteiger partial charge in [-0.1, -0.05) is 23.7 Å². The average Bonchev–Trinajstić information content (AvgIpc) is 2.72. The number of nitrogens with zero attached hydrogens (tertiary/aromatic N) is 2. The van der Waals surface area contributed by atoms with Gasteiger partial charge in [-0.2, -0.15) is 0 Å². The number of halogens is 1. The molecule has 0 radical (unpaired) electrons. The van der Waals surface area contributed by atoms with Gasteiger partial charge in [-0.15, -0.1) is 0 Å². The Kier molecular flexibility index (Phi) is 6.35. The lowest BCUT2D eigenvalue weighted by atomic mass is 10.1. The highest BCUT2D eigenvalue weighted by Gasteiger charge is 2.16. The summed E-state index contributed by atoms with van der Waals surface area (Å²) in [7, 11) is -3.83. The van der Waals surface area contributed by atoms with E-state index in [1.54, 1.807) is 30.7 Å². The van der Waals surface area contributed by atoms with E-state index in [0.717, 1.165) is 16.8 Å². The van der Waals surface area contributed by atoms with Crippen molar-refractivity contribution in [2.75, 3.05) is 6.54 Å². The lowest BCUT2D eigenvalue weighted by Crippen LogP contribution is -2.36. The first-order valence-electron chi connectivity index (χ1n) is 8.32. The number of benzene rings is 1. The van der Waals surface area contributed by atoms with Gasteiger partial charge in [0.05, 0.1) is 17.1 Å². The Morgan fingerprint density at radius 1 is 1.04 bits per heavy atom. The second-order valence-electron chi connectivity index (χ2n) is 5.81. The van der Waals surface area contributed by atoms with Gasteiger partial charge in [0.15, 0.2) is 0 Å². The van der Waals surface area contributed by atoms with Crippen LogP contribution in [0.2, 0.25) is 5.02 Å². The molecule has 7 nitrogen and oxygen atoms in total. The summed E-state index contributed by atoms with van der Waals surface area (Å²) in [5.74, 6) is -0.463. The molecule has 0 spiro atoms. The van der Waals surface area contributed by atoms with E-state index in [0.29, 0.717) is 5.02 Å². The molecule has 0 saturated carbocycles. The van der Waals surface area contributed by atoms with E-state index < -0.39 is 15.9 Å². The zero-order valence-corrected chi connectivity index (χ0v) is 16.2. The van der Waals surface area contributed by atoms with Gasteiger partial charge in [0.2, 0.25) is 15.9 Å². The number of nitrogens with one attached hydrogen (secondary N) is 2. The minimum absolute atomic E-state index is 0.0000303. The lowest BCUT2D eigenvalue weighted by Gasteiger charge is -2.11. The van der Waals surface area contributed by atoms with Crippen LogP contribution in [0.3, 0.4) is 0 Å². The van der Waals surface area contributed by atoms with Crippen molar-refractivity contribution in [1.29, 1.82) is 0 Å². The topological polar surface area (TPSA) is 101 Å². The Labute approximate surface area is 167 Å². The predicted molar refractivity (Wildman–Crippen MR) is 106 cm³/mol. The molecule has 1 amide bonds. The third-order valence-electron chi connectivity index (χ3n) is 3.85. The Morgan fingerprint density at radius 2 is 1.82 bits per heavy atom. The number of hydrogen-bond donors (Lipinski definition) is 2. The lowest BCUT2D eigenvalue weighted by molar-refractivity contribution is -0.120. The molecule has 1 aromatic carbocycles. The number of aromatic nitrogens is 2. The number of carbonyl (C=O) groups is 1. The Balaban J connectivity index is 1.61. The van der Waals surface area contributed by atoms with Crippen LogP contribution in [0, 0.1) is 0 Å². The normalized spacial score (nSPS) is 11.2. The summed E-state index contributed by atoms with van der Waals surface area (Å²) in [5.41, 5.74) is 2.41. The second-order valence-corrected chi connectivity index (χ2v) is 8.01. The molecule has 0 fully saturated rings. The molecule has 0 aliphatic rings. The summed E-state index contributed by atoms with van der Waals surface area (Å²) in [6, 6.07) is 13.1. The van der Waals surface area contributed by atoms with Crippen LogP contribution < -0.4 is 10.0 Å². The Morgan fingerprint density at radius 3 is 2.57 bits per heavy atom. The van der Waals surface area contributed by atoms with Crippen LogP contribution in [-0.4, -0.2) is 30.8 Å². The summed E-state index contributed by atoms with van der Waals surface area (Å²) in [6.45, 7) is -0.178. The molecule has 0 aliphatic carbocycles. The van der Waals surface area contributed by atoms with Crippen LogP contribution in [0.5, 0.6) is 0 Å². The van der Waals surface area contributed by atoms with Crippen LogP contribution in [0.1, 0.15) is 5.56 Å². The van der Waals surface area contributed by atoms with E-state index in [9.17, 15) is 13.2 Å². The third kappa shape index (κ3) is 5.13. The molecular weight excluding hydrogens is 400 g/mol. The molecule has 0 saturated heterocycles. The maximum atomic E-state index is 12.2. The van der Waals surface area contributed by atoms with Crippen molar-refractivity contribution >= 4 is 27.5 Å². The standard InChI is InChI=1S/C19H17ClN4O3S/c20-16-4-1-5-17(11-16)28(26,27)24-13-18(25)23-12-15-3-2-8-22-19(15)14-6-9-21-10-7-14/h1-11,24H,12-13H2,(H,23,25). The minimum Gasteiger partial charge on any atom is -0.351 e. The van der Waals surface area contributed by atoms with Gasteiger partial charge in [0.1, 0.15) is 0 Å². The summed E-state index contributed by atoms with van der Waals surface area (Å²) in [4.78, 5) is 20.5. The SMILES string of the molecule is O=C(CNS(=O)(=O)c1cccc(Cl)c1)NCc1cccnc1-c1ccncc1. The smallest absolute Gasteiger partial charge is 0.241 e. The van der Waals surface area contributed by atoms with E-state index in [2.05, 4.69) is 20.0 Å². The summed E-state index contributed by atoms with van der Waals surface area (Å²) in [5, 5.41) is 3.00. The predicted octanol–water partition coefficient (Wildman–Crippen LogP) is 2.39. The van der Waals surface area contributed by atoms with E-state index in [4.69, 9.17) is 11.6 Å². The molecule has 0 unspecified atom stereocenters. The monoisotopic (exact) mass is 416 g/mol. The zero-order valence-electron chi connectivity index (χ0n) is 14.7. The first-order chi connectivity index (χ1) is 13.5. The number of hydrogen-bond acceptors (Lipinski definition) is 5. The summed E-state index contributed by atoms with van der Waals surface area (Å²) < 4.78 is 26.7. The number of pyridine rings is 2. The molecule has 3 rings (SSSR count). The van der Waals surface area contributed by atoms with E-state index >= 15 is 0 Å².